The molecule has 0 aliphatic heterocycles. The molecule has 23 heavy (non-hydrogen) atoms. The van der Waals surface area contributed by atoms with Crippen molar-refractivity contribution in [2.75, 3.05) is 21.2 Å². The molecule has 4 rings (SSSR count). The van der Waals surface area contributed by atoms with Gasteiger partial charge in [0, 0.05) is 46.5 Å². The van der Waals surface area contributed by atoms with Gasteiger partial charge in [0.25, 0.3) is 0 Å². The van der Waals surface area contributed by atoms with Gasteiger partial charge in [-0.25, -0.2) is 0 Å². The van der Waals surface area contributed by atoms with E-state index in [9.17, 15) is 0 Å². The number of benzene rings is 2. The molecule has 0 atom stereocenters. The minimum atomic E-state index is 0.865. The van der Waals surface area contributed by atoms with E-state index in [0.29, 0.717) is 0 Å². The molecule has 116 valence electrons. The van der Waals surface area contributed by atoms with Gasteiger partial charge < -0.3 is 14.6 Å². The number of rotatable bonds is 3. The lowest BCUT2D eigenvalue weighted by molar-refractivity contribution is 0.404. The number of hydrogen-bond donors (Lipinski definition) is 1. The molecule has 0 bridgehead atoms. The molecule has 0 saturated carbocycles. The van der Waals surface area contributed by atoms with E-state index in [2.05, 4.69) is 53.2 Å². The molecular weight excluding hydrogens is 286 g/mol. The fourth-order valence-electron chi connectivity index (χ4n) is 3.31. The molecule has 0 spiro atoms. The Hall–Kier alpha value is -2.59. The van der Waals surface area contributed by atoms with Crippen molar-refractivity contribution in [2.24, 2.45) is 0 Å². The van der Waals surface area contributed by atoms with Crippen LogP contribution >= 0.6 is 0 Å². The van der Waals surface area contributed by atoms with Crippen molar-refractivity contribution in [1.82, 2.24) is 14.9 Å². The van der Waals surface area contributed by atoms with Crippen molar-refractivity contribution in [3.05, 3.63) is 48.3 Å². The highest BCUT2D eigenvalue weighted by atomic mass is 16.5. The summed E-state index contributed by atoms with van der Waals surface area (Å²) in [6, 6.07) is 10.5. The molecule has 0 radical (unpaired) electrons. The van der Waals surface area contributed by atoms with E-state index in [-0.39, 0.29) is 0 Å². The maximum absolute atomic E-state index is 5.36. The zero-order valence-corrected chi connectivity index (χ0v) is 13.6. The summed E-state index contributed by atoms with van der Waals surface area (Å²) in [5.41, 5.74) is 3.58. The first-order valence-corrected chi connectivity index (χ1v) is 7.67. The van der Waals surface area contributed by atoms with Crippen LogP contribution < -0.4 is 4.74 Å². The molecule has 2 heterocycles. The normalized spacial score (nSPS) is 11.8. The second kappa shape index (κ2) is 5.25. The van der Waals surface area contributed by atoms with Gasteiger partial charge >= 0.3 is 0 Å². The molecule has 4 heteroatoms. The van der Waals surface area contributed by atoms with Gasteiger partial charge in [-0.15, -0.1) is 0 Å². The zero-order valence-electron chi connectivity index (χ0n) is 13.6. The van der Waals surface area contributed by atoms with Crippen molar-refractivity contribution in [3.8, 4) is 5.75 Å². The Bertz CT molecular complexity index is 1020. The van der Waals surface area contributed by atoms with Gasteiger partial charge in [-0.2, -0.15) is 0 Å². The SMILES string of the molecule is COc1ccc2c(c1)[nH]c1c3ccncc3cc(CN(C)C)c21. The van der Waals surface area contributed by atoms with Crippen LogP contribution in [0.3, 0.4) is 0 Å². The Morgan fingerprint density at radius 1 is 1.13 bits per heavy atom. The van der Waals surface area contributed by atoms with Gasteiger partial charge in [0.15, 0.2) is 0 Å². The average Bonchev–Trinajstić information content (AvgIpc) is 2.93. The monoisotopic (exact) mass is 305 g/mol. The van der Waals surface area contributed by atoms with Crippen molar-refractivity contribution in [2.45, 2.75) is 6.54 Å². The summed E-state index contributed by atoms with van der Waals surface area (Å²) in [7, 11) is 5.89. The fraction of sp³-hybridized carbons (Fsp3) is 0.211. The van der Waals surface area contributed by atoms with Crippen LogP contribution in [0.5, 0.6) is 5.75 Å². The second-order valence-electron chi connectivity index (χ2n) is 6.16. The van der Waals surface area contributed by atoms with Crippen molar-refractivity contribution >= 4 is 32.6 Å². The summed E-state index contributed by atoms with van der Waals surface area (Å²) >= 11 is 0. The third-order valence-corrected chi connectivity index (χ3v) is 4.26. The number of ether oxygens (including phenoxy) is 1. The summed E-state index contributed by atoms with van der Waals surface area (Å²) in [4.78, 5) is 10.1. The molecule has 0 fully saturated rings. The smallest absolute Gasteiger partial charge is 0.120 e. The lowest BCUT2D eigenvalue weighted by Gasteiger charge is -2.12. The maximum Gasteiger partial charge on any atom is 0.120 e. The molecule has 0 aliphatic carbocycles. The Morgan fingerprint density at radius 2 is 2.00 bits per heavy atom. The number of fused-ring (bicyclic) bond motifs is 5. The Kier molecular flexibility index (Phi) is 3.20. The summed E-state index contributed by atoms with van der Waals surface area (Å²) in [5, 5.41) is 4.88. The van der Waals surface area contributed by atoms with E-state index < -0.39 is 0 Å². The molecule has 1 N–H and O–H groups in total. The van der Waals surface area contributed by atoms with Crippen LogP contribution in [-0.4, -0.2) is 36.1 Å². The molecule has 0 unspecified atom stereocenters. The van der Waals surface area contributed by atoms with Crippen LogP contribution in [0.15, 0.2) is 42.7 Å². The molecular formula is C19H19N3O. The summed E-state index contributed by atoms with van der Waals surface area (Å²) in [6.07, 6.45) is 3.78. The van der Waals surface area contributed by atoms with Crippen LogP contribution in [0.1, 0.15) is 5.56 Å². The van der Waals surface area contributed by atoms with Crippen LogP contribution in [0, 0.1) is 0 Å². The van der Waals surface area contributed by atoms with Gasteiger partial charge in [0.05, 0.1) is 18.1 Å². The summed E-state index contributed by atoms with van der Waals surface area (Å²) in [5.74, 6) is 0.865. The predicted octanol–water partition coefficient (Wildman–Crippen LogP) is 3.94. The lowest BCUT2D eigenvalue weighted by atomic mass is 10.0. The molecule has 2 aromatic carbocycles. The number of aromatic nitrogens is 2. The lowest BCUT2D eigenvalue weighted by Crippen LogP contribution is -2.10. The number of hydrogen-bond acceptors (Lipinski definition) is 3. The van der Waals surface area contributed by atoms with Crippen LogP contribution in [0.4, 0.5) is 0 Å². The van der Waals surface area contributed by atoms with Gasteiger partial charge in [0.2, 0.25) is 0 Å². The molecule has 0 aliphatic rings. The Labute approximate surface area is 134 Å². The zero-order chi connectivity index (χ0) is 16.0. The first-order valence-electron chi connectivity index (χ1n) is 7.67. The van der Waals surface area contributed by atoms with E-state index in [4.69, 9.17) is 4.74 Å². The largest absolute Gasteiger partial charge is 0.497 e. The standard InChI is InChI=1S/C19H19N3O/c1-22(2)11-13-8-12-10-20-7-6-15(12)19-18(13)16-5-4-14(23-3)9-17(16)21-19/h4-10,21H,11H2,1-3H3. The highest BCUT2D eigenvalue weighted by Crippen LogP contribution is 2.35. The van der Waals surface area contributed by atoms with Crippen molar-refractivity contribution < 1.29 is 4.74 Å². The van der Waals surface area contributed by atoms with Crippen LogP contribution in [-0.2, 0) is 6.54 Å². The minimum Gasteiger partial charge on any atom is -0.497 e. The van der Waals surface area contributed by atoms with E-state index in [0.717, 1.165) is 23.2 Å². The molecule has 0 saturated heterocycles. The average molecular weight is 305 g/mol. The number of methoxy groups -OCH3 is 1. The quantitative estimate of drug-likeness (QED) is 0.623. The van der Waals surface area contributed by atoms with E-state index in [1.54, 1.807) is 7.11 Å². The predicted molar refractivity (Wildman–Crippen MR) is 95.0 cm³/mol. The summed E-state index contributed by atoms with van der Waals surface area (Å²) < 4.78 is 5.36. The van der Waals surface area contributed by atoms with Crippen molar-refractivity contribution in [3.63, 3.8) is 0 Å². The number of nitrogens with one attached hydrogen (secondary N) is 1. The number of nitrogens with zero attached hydrogens (tertiary/aromatic N) is 2. The van der Waals surface area contributed by atoms with Crippen LogP contribution in [0.25, 0.3) is 32.6 Å². The number of aromatic amines is 1. The second-order valence-corrected chi connectivity index (χ2v) is 6.16. The number of H-pyrrole nitrogens is 1. The molecule has 4 aromatic rings. The van der Waals surface area contributed by atoms with Gasteiger partial charge in [0.1, 0.15) is 5.75 Å². The maximum atomic E-state index is 5.36. The van der Waals surface area contributed by atoms with Crippen LogP contribution in [0.2, 0.25) is 0 Å². The van der Waals surface area contributed by atoms with Crippen molar-refractivity contribution in [1.29, 1.82) is 0 Å². The van der Waals surface area contributed by atoms with Gasteiger partial charge in [-0.05, 0) is 43.9 Å². The molecule has 2 aromatic heterocycles. The summed E-state index contributed by atoms with van der Waals surface area (Å²) in [6.45, 7) is 0.889. The molecule has 4 nitrogen and oxygen atoms in total. The topological polar surface area (TPSA) is 41.1 Å². The third-order valence-electron chi connectivity index (χ3n) is 4.26. The van der Waals surface area contributed by atoms with E-state index >= 15 is 0 Å². The number of pyridine rings is 1. The first-order chi connectivity index (χ1) is 11.2. The van der Waals surface area contributed by atoms with E-state index in [1.165, 1.54) is 27.2 Å². The highest BCUT2D eigenvalue weighted by molar-refractivity contribution is 6.18. The van der Waals surface area contributed by atoms with Gasteiger partial charge in [-0.1, -0.05) is 0 Å². The minimum absolute atomic E-state index is 0.865. The fourth-order valence-corrected chi connectivity index (χ4v) is 3.31. The highest BCUT2D eigenvalue weighted by Gasteiger charge is 2.14. The molecule has 0 amide bonds. The first kappa shape index (κ1) is 14.0. The third kappa shape index (κ3) is 2.23. The van der Waals surface area contributed by atoms with E-state index in [1.807, 2.05) is 18.5 Å². The Morgan fingerprint density at radius 3 is 2.78 bits per heavy atom. The Balaban J connectivity index is 2.16. The van der Waals surface area contributed by atoms with Gasteiger partial charge in [-0.3, -0.25) is 4.98 Å².